The molecule has 4 atom stereocenters. The van der Waals surface area contributed by atoms with E-state index in [1.165, 1.54) is 0 Å². The lowest BCUT2D eigenvalue weighted by atomic mass is 9.55. The number of ether oxygens (including phenoxy) is 2. The zero-order valence-corrected chi connectivity index (χ0v) is 16.0. The van der Waals surface area contributed by atoms with Gasteiger partial charge in [-0.15, -0.1) is 0 Å². The molecule has 1 saturated carbocycles. The molecule has 5 heteroatoms. The van der Waals surface area contributed by atoms with Crippen molar-refractivity contribution in [2.75, 3.05) is 0 Å². The molecule has 4 bridgehead atoms. The zero-order valence-electron chi connectivity index (χ0n) is 16.0. The zero-order chi connectivity index (χ0) is 19.2. The fourth-order valence-electron chi connectivity index (χ4n) is 5.48. The Morgan fingerprint density at radius 2 is 2.00 bits per heavy atom. The minimum Gasteiger partial charge on any atom is -0.476 e. The second kappa shape index (κ2) is 4.96. The number of fused-ring (bicyclic) bond motifs is 1. The van der Waals surface area contributed by atoms with E-state index in [1.807, 2.05) is 45.9 Å². The van der Waals surface area contributed by atoms with Crippen molar-refractivity contribution in [2.45, 2.75) is 63.4 Å². The van der Waals surface area contributed by atoms with Gasteiger partial charge in [0, 0.05) is 12.3 Å². The lowest BCUT2D eigenvalue weighted by molar-refractivity contribution is -0.165. The Bertz CT molecular complexity index is 955. The maximum absolute atomic E-state index is 13.5. The minimum absolute atomic E-state index is 0.0576. The van der Waals surface area contributed by atoms with Crippen molar-refractivity contribution in [3.63, 3.8) is 0 Å². The monoisotopic (exact) mass is 365 g/mol. The summed E-state index contributed by atoms with van der Waals surface area (Å²) in [7, 11) is 0. The predicted molar refractivity (Wildman–Crippen MR) is 100 cm³/mol. The topological polar surface area (TPSA) is 65.0 Å². The Morgan fingerprint density at radius 1 is 1.26 bits per heavy atom. The van der Waals surface area contributed by atoms with Crippen molar-refractivity contribution in [3.8, 4) is 5.75 Å². The molecule has 4 aliphatic heterocycles. The van der Waals surface area contributed by atoms with Crippen molar-refractivity contribution in [3.05, 3.63) is 41.5 Å². The van der Waals surface area contributed by atoms with Crippen molar-refractivity contribution in [1.82, 2.24) is 0 Å². The molecule has 6 rings (SSSR count). The largest absolute Gasteiger partial charge is 0.476 e. The molecule has 1 saturated heterocycles. The number of carbonyl (C=O) groups excluding carboxylic acids is 2. The van der Waals surface area contributed by atoms with Crippen LogP contribution in [0.1, 0.15) is 50.9 Å². The lowest BCUT2D eigenvalue weighted by Gasteiger charge is -2.54. The summed E-state index contributed by atoms with van der Waals surface area (Å²) in [6.07, 6.45) is 2.96. The first-order chi connectivity index (χ1) is 12.7. The number of hydrogen-bond acceptors (Lipinski definition) is 5. The van der Waals surface area contributed by atoms with Gasteiger partial charge in [-0.05, 0) is 46.2 Å². The van der Waals surface area contributed by atoms with Crippen molar-refractivity contribution in [1.29, 1.82) is 0 Å². The third-order valence-corrected chi connectivity index (χ3v) is 6.58. The minimum atomic E-state index is -1.21. The van der Waals surface area contributed by atoms with E-state index < -0.39 is 22.8 Å². The summed E-state index contributed by atoms with van der Waals surface area (Å²) in [5.41, 5.74) is -0.971. The van der Waals surface area contributed by atoms with Crippen LogP contribution in [0.2, 0.25) is 0 Å². The molecular formula is C22H23NO4. The second-order valence-electron chi connectivity index (χ2n) is 8.83. The van der Waals surface area contributed by atoms with Gasteiger partial charge in [0.15, 0.2) is 17.0 Å². The maximum Gasteiger partial charge on any atom is 0.214 e. The Hall–Kier alpha value is -2.27. The van der Waals surface area contributed by atoms with E-state index in [9.17, 15) is 9.59 Å². The van der Waals surface area contributed by atoms with Gasteiger partial charge in [0.2, 0.25) is 5.78 Å². The van der Waals surface area contributed by atoms with Crippen LogP contribution >= 0.6 is 0 Å². The average molecular weight is 365 g/mol. The normalized spacial score (nSPS) is 37.3. The summed E-state index contributed by atoms with van der Waals surface area (Å²) in [4.78, 5) is 31.4. The van der Waals surface area contributed by atoms with E-state index in [0.717, 1.165) is 5.57 Å². The van der Waals surface area contributed by atoms with Gasteiger partial charge in [-0.25, -0.2) is 0 Å². The third kappa shape index (κ3) is 1.81. The van der Waals surface area contributed by atoms with Crippen molar-refractivity contribution in [2.24, 2.45) is 10.9 Å². The third-order valence-electron chi connectivity index (χ3n) is 6.58. The Kier molecular flexibility index (Phi) is 3.10. The number of hydrogen-bond donors (Lipinski definition) is 0. The highest BCUT2D eigenvalue weighted by Crippen LogP contribution is 2.63. The van der Waals surface area contributed by atoms with Crippen LogP contribution in [0.4, 0.5) is 0 Å². The number of rotatable bonds is 2. The number of aliphatic imine (C=N–C) groups is 1. The second-order valence-corrected chi connectivity index (χ2v) is 8.83. The molecule has 5 aliphatic rings. The van der Waals surface area contributed by atoms with Crippen LogP contribution < -0.4 is 4.74 Å². The summed E-state index contributed by atoms with van der Waals surface area (Å²) in [5.74, 6) is 0.213. The van der Waals surface area contributed by atoms with Crippen LogP contribution in [-0.2, 0) is 9.53 Å². The van der Waals surface area contributed by atoms with E-state index in [2.05, 4.69) is 4.99 Å². The lowest BCUT2D eigenvalue weighted by Crippen LogP contribution is -2.76. The summed E-state index contributed by atoms with van der Waals surface area (Å²) in [6, 6.07) is 6.69. The summed E-state index contributed by atoms with van der Waals surface area (Å²) in [5, 5.41) is 0. The average Bonchev–Trinajstić information content (AvgIpc) is 2.78. The molecule has 0 aromatic heterocycles. The molecule has 3 unspecified atom stereocenters. The first-order valence-electron chi connectivity index (χ1n) is 9.52. The highest BCUT2D eigenvalue weighted by Gasteiger charge is 2.82. The highest BCUT2D eigenvalue weighted by molar-refractivity contribution is 6.52. The molecule has 0 amide bonds. The molecule has 0 N–H and O–H groups in total. The predicted octanol–water partition coefficient (Wildman–Crippen LogP) is 3.32. The van der Waals surface area contributed by atoms with Crippen LogP contribution in [0, 0.1) is 5.92 Å². The smallest absolute Gasteiger partial charge is 0.214 e. The van der Waals surface area contributed by atoms with E-state index in [-0.39, 0.29) is 17.5 Å². The van der Waals surface area contributed by atoms with E-state index in [1.54, 1.807) is 12.1 Å². The molecule has 4 heterocycles. The van der Waals surface area contributed by atoms with Crippen LogP contribution in [0.3, 0.4) is 0 Å². The van der Waals surface area contributed by atoms with Crippen LogP contribution in [0.15, 0.2) is 40.9 Å². The molecular weight excluding hydrogens is 342 g/mol. The van der Waals surface area contributed by atoms with Gasteiger partial charge in [-0.2, -0.15) is 0 Å². The first kappa shape index (κ1) is 16.9. The van der Waals surface area contributed by atoms with E-state index in [4.69, 9.17) is 9.47 Å². The first-order valence-corrected chi connectivity index (χ1v) is 9.52. The number of benzene rings is 1. The molecule has 0 radical (unpaired) electrons. The molecule has 1 aliphatic carbocycles. The number of ketones is 2. The number of nitrogens with zero attached hydrogens (tertiary/aromatic N) is 1. The van der Waals surface area contributed by atoms with Gasteiger partial charge in [0.25, 0.3) is 0 Å². The number of para-hydroxylation sites is 1. The fraction of sp³-hybridized carbons (Fsp3) is 0.500. The van der Waals surface area contributed by atoms with Crippen LogP contribution in [0.5, 0.6) is 5.75 Å². The van der Waals surface area contributed by atoms with Gasteiger partial charge >= 0.3 is 0 Å². The molecule has 27 heavy (non-hydrogen) atoms. The standard InChI is InChI=1S/C22H23NO4/c1-12(2)9-10-21-19(25)14-11-16(20(3,4)27-21)22(21)18(23-14)17(24)13-7-5-6-8-15(13)26-22/h5-9,14,16H,10-11H2,1-4H3/t14-,16?,21?,22?/m1/s1. The molecule has 5 nitrogen and oxygen atoms in total. The number of allylic oxidation sites excluding steroid dienone is 1. The van der Waals surface area contributed by atoms with Gasteiger partial charge in [-0.1, -0.05) is 23.8 Å². The van der Waals surface area contributed by atoms with Crippen molar-refractivity contribution < 1.29 is 19.1 Å². The molecule has 140 valence electrons. The summed E-state index contributed by atoms with van der Waals surface area (Å²) in [6.45, 7) is 7.98. The van der Waals surface area contributed by atoms with Crippen molar-refractivity contribution >= 4 is 17.3 Å². The quantitative estimate of drug-likeness (QED) is 0.754. The van der Waals surface area contributed by atoms with E-state index in [0.29, 0.717) is 29.9 Å². The Balaban J connectivity index is 1.81. The molecule has 2 fully saturated rings. The SMILES string of the molecule is CC(C)=CCC12OC(C)(C)C3C[C@@H](N=C4C(=O)c5ccccc5OC431)C2=O. The van der Waals surface area contributed by atoms with Gasteiger partial charge in [0.1, 0.15) is 17.5 Å². The number of carbonyl (C=O) groups is 2. The Labute approximate surface area is 158 Å². The van der Waals surface area contributed by atoms with E-state index >= 15 is 0 Å². The van der Waals surface area contributed by atoms with Gasteiger partial charge < -0.3 is 9.47 Å². The van der Waals surface area contributed by atoms with Crippen LogP contribution in [-0.4, -0.2) is 40.1 Å². The summed E-state index contributed by atoms with van der Waals surface area (Å²) >= 11 is 0. The number of Topliss-reactive ketones (excluding diaryl/α,β-unsaturated/α-hetero) is 2. The van der Waals surface area contributed by atoms with Crippen LogP contribution in [0.25, 0.3) is 0 Å². The maximum atomic E-state index is 13.5. The Morgan fingerprint density at radius 3 is 2.74 bits per heavy atom. The van der Waals surface area contributed by atoms with Gasteiger partial charge in [-0.3, -0.25) is 14.6 Å². The molecule has 1 aromatic rings. The van der Waals surface area contributed by atoms with Gasteiger partial charge in [0.05, 0.1) is 11.2 Å². The highest BCUT2D eigenvalue weighted by atomic mass is 16.6. The summed E-state index contributed by atoms with van der Waals surface area (Å²) < 4.78 is 13.1. The fourth-order valence-corrected chi connectivity index (χ4v) is 5.48. The molecule has 1 aromatic carbocycles. The molecule has 1 spiro atoms.